The molecule has 1 unspecified atom stereocenters. The molecule has 1 heteroatoms. The first-order valence-electron chi connectivity index (χ1n) is 14.3. The molecule has 0 bridgehead atoms. The molecule has 0 amide bonds. The molecule has 0 aromatic heterocycles. The summed E-state index contributed by atoms with van der Waals surface area (Å²) in [5, 5.41) is 0. The van der Waals surface area contributed by atoms with E-state index in [1.54, 1.807) is 0 Å². The van der Waals surface area contributed by atoms with Crippen LogP contribution in [0.5, 0.6) is 0 Å². The van der Waals surface area contributed by atoms with E-state index in [9.17, 15) is 0 Å². The maximum absolute atomic E-state index is 3.36. The largest absolute Gasteiger partial charge is 2.00 e. The van der Waals surface area contributed by atoms with E-state index in [-0.39, 0.29) is 27.1 Å². The van der Waals surface area contributed by atoms with Crippen LogP contribution in [0.3, 0.4) is 0 Å². The summed E-state index contributed by atoms with van der Waals surface area (Å²) in [7, 11) is 0. The van der Waals surface area contributed by atoms with E-state index in [1.807, 2.05) is 6.92 Å². The van der Waals surface area contributed by atoms with Crippen molar-refractivity contribution in [3.8, 4) is 0 Å². The van der Waals surface area contributed by atoms with Gasteiger partial charge in [-0.3, -0.25) is 5.57 Å². The van der Waals surface area contributed by atoms with Crippen molar-refractivity contribution in [2.75, 3.05) is 0 Å². The smallest absolute Gasteiger partial charge is 0.500 e. The van der Waals surface area contributed by atoms with Crippen molar-refractivity contribution >= 4 is 0 Å². The van der Waals surface area contributed by atoms with Gasteiger partial charge in [0, 0.05) is 0 Å². The summed E-state index contributed by atoms with van der Waals surface area (Å²) >= 11 is 0. The predicted molar refractivity (Wildman–Crippen MR) is 169 cm³/mol. The molecule has 5 rings (SSSR count). The Balaban J connectivity index is 0.000000228. The Kier molecular flexibility index (Phi) is 12.9. The molecule has 0 heterocycles. The molecule has 40 heavy (non-hydrogen) atoms. The molecule has 3 aliphatic rings. The molecule has 1 atom stereocenters. The van der Waals surface area contributed by atoms with Gasteiger partial charge < -0.3 is 6.08 Å². The van der Waals surface area contributed by atoms with Crippen LogP contribution in [0.1, 0.15) is 101 Å². The van der Waals surface area contributed by atoms with Gasteiger partial charge in [0.2, 0.25) is 0 Å². The van der Waals surface area contributed by atoms with Crippen molar-refractivity contribution in [3.63, 3.8) is 0 Å². The predicted octanol–water partition coefficient (Wildman–Crippen LogP) is 10.7. The Bertz CT molecular complexity index is 921. The fraction of sp³-hybridized carbons (Fsp3) is 0.359. The normalized spacial score (nSPS) is 24.9. The molecule has 2 aromatic carbocycles. The minimum absolute atomic E-state index is 0. The van der Waals surface area contributed by atoms with Crippen molar-refractivity contribution in [2.45, 2.75) is 94.9 Å². The maximum atomic E-state index is 3.36. The second kappa shape index (κ2) is 14.8. The molecule has 0 aliphatic heterocycles. The molecule has 10 radical (unpaired) electrons. The van der Waals surface area contributed by atoms with E-state index >= 15 is 0 Å². The van der Waals surface area contributed by atoms with Crippen LogP contribution in [0.2, 0.25) is 0 Å². The molecule has 3 fully saturated rings. The quantitative estimate of drug-likeness (QED) is 0.257. The zero-order valence-corrected chi connectivity index (χ0v) is 28.5. The summed E-state index contributed by atoms with van der Waals surface area (Å²) in [5.74, 6) is 16.2. The van der Waals surface area contributed by atoms with E-state index < -0.39 is 0 Å². The zero-order chi connectivity index (χ0) is 29.1. The molecular formula is C39H48Ti. The molecule has 0 nitrogen and oxygen atoms in total. The summed E-state index contributed by atoms with van der Waals surface area (Å²) in [4.78, 5) is 0. The van der Waals surface area contributed by atoms with Gasteiger partial charge in [-0.15, -0.1) is 12.1 Å². The minimum Gasteiger partial charge on any atom is -0.500 e. The number of hydrogen-bond acceptors (Lipinski definition) is 0. The second-order valence-corrected chi connectivity index (χ2v) is 11.4. The van der Waals surface area contributed by atoms with Gasteiger partial charge in [-0.2, -0.15) is 30.5 Å². The van der Waals surface area contributed by atoms with E-state index in [0.29, 0.717) is 0 Å². The van der Waals surface area contributed by atoms with Gasteiger partial charge in [-0.05, 0) is 70.2 Å². The van der Waals surface area contributed by atoms with E-state index in [2.05, 4.69) is 143 Å². The molecule has 0 N–H and O–H groups in total. The third-order valence-corrected chi connectivity index (χ3v) is 9.86. The number of benzene rings is 2. The first-order chi connectivity index (χ1) is 18.4. The van der Waals surface area contributed by atoms with E-state index in [1.165, 1.54) is 81.8 Å². The maximum Gasteiger partial charge on any atom is 2.00 e. The van der Waals surface area contributed by atoms with Gasteiger partial charge in [0.25, 0.3) is 0 Å². The number of rotatable bonds is 3. The van der Waals surface area contributed by atoms with Gasteiger partial charge in [-0.25, -0.2) is 0 Å². The number of hydrogen-bond donors (Lipinski definition) is 0. The average molecular weight is 565 g/mol. The van der Waals surface area contributed by atoms with Crippen LogP contribution in [0, 0.1) is 71.2 Å². The topological polar surface area (TPSA) is 0 Å². The van der Waals surface area contributed by atoms with Crippen molar-refractivity contribution in [1.29, 1.82) is 0 Å². The summed E-state index contributed by atoms with van der Waals surface area (Å²) in [6.07, 6.45) is 4.48. The van der Waals surface area contributed by atoms with E-state index in [0.717, 1.165) is 6.42 Å². The second-order valence-electron chi connectivity index (χ2n) is 11.4. The van der Waals surface area contributed by atoms with Crippen LogP contribution in [0.4, 0.5) is 0 Å². The Morgan fingerprint density at radius 1 is 0.550 bits per heavy atom. The Morgan fingerprint density at radius 3 is 1.15 bits per heavy atom. The van der Waals surface area contributed by atoms with Crippen molar-refractivity contribution < 1.29 is 21.7 Å². The van der Waals surface area contributed by atoms with Crippen LogP contribution < -0.4 is 0 Å². The van der Waals surface area contributed by atoms with E-state index in [4.69, 9.17) is 0 Å². The van der Waals surface area contributed by atoms with Crippen LogP contribution in [-0.2, 0) is 27.1 Å². The monoisotopic (exact) mass is 564 g/mol. The van der Waals surface area contributed by atoms with Crippen LogP contribution in [0.25, 0.3) is 0 Å². The fourth-order valence-electron chi connectivity index (χ4n) is 5.81. The van der Waals surface area contributed by atoms with Crippen molar-refractivity contribution in [1.82, 2.24) is 0 Å². The molecule has 0 spiro atoms. The average Bonchev–Trinajstić information content (AvgIpc) is 3.68. The zero-order valence-electron chi connectivity index (χ0n) is 27.0. The molecule has 208 valence electrons. The first kappa shape index (κ1) is 35.0. The molecule has 2 aromatic rings. The third-order valence-electron chi connectivity index (χ3n) is 9.86. The summed E-state index contributed by atoms with van der Waals surface area (Å²) in [6, 6.07) is 21.5. The SMILES string of the molecule is C[C-]=C(C)C1(c2ccccc2)C[C-]1c1ccccc1.C[C]1[C](C)[C](C)[C](C)[C]1C.C[C]1[C](C)[C](C)[C](C)[C]1C.[Ti+2]. The molecular weight excluding hydrogens is 516 g/mol. The summed E-state index contributed by atoms with van der Waals surface area (Å²) in [5.41, 5.74) is 4.18. The Labute approximate surface area is 264 Å². The van der Waals surface area contributed by atoms with Crippen molar-refractivity contribution in [3.05, 3.63) is 149 Å². The van der Waals surface area contributed by atoms with Crippen molar-refractivity contribution in [2.24, 2.45) is 0 Å². The third kappa shape index (κ3) is 7.03. The molecule has 3 aliphatic carbocycles. The fourth-order valence-corrected chi connectivity index (χ4v) is 5.81. The minimum atomic E-state index is 0. The Morgan fingerprint density at radius 2 is 0.850 bits per heavy atom. The van der Waals surface area contributed by atoms with Crippen LogP contribution >= 0.6 is 0 Å². The van der Waals surface area contributed by atoms with Gasteiger partial charge in [0.05, 0.1) is 0 Å². The Hall–Kier alpha value is -1.24. The standard InChI is InChI=1S/C19H18.2C10H15.Ti/c1-3-15(2)19(17-12-8-5-9-13-17)14-18(19)16-10-6-4-7-11-16;2*1-6-7(2)9(4)10(5)8(6)3;/h4-13H,14H2,1-2H3;2*1-5H3;/q-2;;;+2. The van der Waals surface area contributed by atoms with Gasteiger partial charge in [-0.1, -0.05) is 119 Å². The van der Waals surface area contributed by atoms with Gasteiger partial charge in [0.15, 0.2) is 0 Å². The van der Waals surface area contributed by atoms with Crippen LogP contribution in [0.15, 0.2) is 66.2 Å². The van der Waals surface area contributed by atoms with Gasteiger partial charge in [0.1, 0.15) is 0 Å². The van der Waals surface area contributed by atoms with Crippen LogP contribution in [-0.4, -0.2) is 0 Å². The van der Waals surface area contributed by atoms with Gasteiger partial charge >= 0.3 is 21.7 Å². The molecule has 0 saturated heterocycles. The first-order valence-corrected chi connectivity index (χ1v) is 14.3. The number of allylic oxidation sites excluding steroid dienone is 2. The summed E-state index contributed by atoms with van der Waals surface area (Å²) in [6.45, 7) is 26.2. The molecule has 3 saturated carbocycles. The summed E-state index contributed by atoms with van der Waals surface area (Å²) < 4.78 is 0.